The van der Waals surface area contributed by atoms with E-state index < -0.39 is 6.10 Å². The molecular formula is C24H22ClN5O4. The molecule has 2 fully saturated rings. The molecule has 0 saturated carbocycles. The maximum absolute atomic E-state index is 9.92. The molecule has 4 aromatic rings. The summed E-state index contributed by atoms with van der Waals surface area (Å²) in [5.41, 5.74) is 4.08. The second kappa shape index (κ2) is 7.78. The van der Waals surface area contributed by atoms with Gasteiger partial charge in [0, 0.05) is 36.8 Å². The normalized spacial score (nSPS) is 27.9. The minimum atomic E-state index is -0.625. The second-order valence-electron chi connectivity index (χ2n) is 9.07. The highest BCUT2D eigenvalue weighted by atomic mass is 35.5. The van der Waals surface area contributed by atoms with Crippen molar-refractivity contribution in [1.82, 2.24) is 24.5 Å². The first kappa shape index (κ1) is 20.4. The number of ether oxygens (including phenoxy) is 3. The summed E-state index contributed by atoms with van der Waals surface area (Å²) in [6, 6.07) is 10.5. The van der Waals surface area contributed by atoms with Crippen LogP contribution in [0, 0.1) is 0 Å². The van der Waals surface area contributed by atoms with Gasteiger partial charge in [-0.1, -0.05) is 35.9 Å². The summed E-state index contributed by atoms with van der Waals surface area (Å²) in [5, 5.41) is 10.4. The van der Waals surface area contributed by atoms with E-state index in [4.69, 9.17) is 30.8 Å². The minimum Gasteiger partial charge on any atom is -0.456 e. The van der Waals surface area contributed by atoms with Crippen LogP contribution in [0.4, 0.5) is 0 Å². The third-order valence-electron chi connectivity index (χ3n) is 6.95. The molecule has 5 atom stereocenters. The molecular weight excluding hydrogens is 458 g/mol. The first-order chi connectivity index (χ1) is 16.6. The Morgan fingerprint density at radius 3 is 2.82 bits per heavy atom. The van der Waals surface area contributed by atoms with Gasteiger partial charge in [-0.3, -0.25) is 0 Å². The maximum atomic E-state index is 9.92. The predicted octanol–water partition coefficient (Wildman–Crippen LogP) is 2.72. The monoisotopic (exact) mass is 479 g/mol. The quantitative estimate of drug-likeness (QED) is 0.463. The van der Waals surface area contributed by atoms with Crippen LogP contribution in [0.15, 0.2) is 42.7 Å². The summed E-state index contributed by atoms with van der Waals surface area (Å²) in [5.74, 6) is 1.56. The molecule has 0 amide bonds. The number of rotatable bonds is 4. The van der Waals surface area contributed by atoms with Crippen molar-refractivity contribution in [3.8, 4) is 17.3 Å². The van der Waals surface area contributed by atoms with E-state index in [9.17, 15) is 5.11 Å². The molecule has 7 rings (SSSR count). The fourth-order valence-corrected chi connectivity index (χ4v) is 5.46. The Kier molecular flexibility index (Phi) is 4.67. The fraction of sp³-hybridized carbons (Fsp3) is 0.375. The third kappa shape index (κ3) is 3.31. The Bertz CT molecular complexity index is 1350. The number of nitrogens with one attached hydrogen (secondary N) is 1. The number of fused-ring (bicyclic) bond motifs is 3. The summed E-state index contributed by atoms with van der Waals surface area (Å²) in [6.07, 6.45) is 3.20. The molecule has 2 N–H and O–H groups in total. The average molecular weight is 480 g/mol. The van der Waals surface area contributed by atoms with E-state index in [-0.39, 0.29) is 24.9 Å². The van der Waals surface area contributed by atoms with Crippen molar-refractivity contribution >= 4 is 22.8 Å². The van der Waals surface area contributed by atoms with Crippen molar-refractivity contribution in [1.29, 1.82) is 0 Å². The number of halogens is 1. The van der Waals surface area contributed by atoms with Crippen LogP contribution in [0.3, 0.4) is 0 Å². The molecule has 0 aliphatic carbocycles. The Morgan fingerprint density at radius 1 is 1.12 bits per heavy atom. The van der Waals surface area contributed by atoms with E-state index in [2.05, 4.69) is 43.8 Å². The summed E-state index contributed by atoms with van der Waals surface area (Å²) >= 11 is 6.59. The first-order valence-electron chi connectivity index (χ1n) is 11.4. The number of benzene rings is 1. The summed E-state index contributed by atoms with van der Waals surface area (Å²) < 4.78 is 19.4. The minimum absolute atomic E-state index is 0.249. The molecule has 3 aromatic heterocycles. The van der Waals surface area contributed by atoms with Crippen LogP contribution >= 0.6 is 11.6 Å². The molecule has 1 unspecified atom stereocenters. The van der Waals surface area contributed by atoms with Gasteiger partial charge in [0.25, 0.3) is 6.01 Å². The summed E-state index contributed by atoms with van der Waals surface area (Å²) in [7, 11) is 0. The second-order valence-corrected chi connectivity index (χ2v) is 9.48. The SMILES string of the molecule is O[C@@H]1CO[C@H]2[C@@H]1OC[C@H]2Oc1nc2nc(-c3ccc(C4Cc5nccn5C4)cc3)c(Cl)cc2[nH]1. The lowest BCUT2D eigenvalue weighted by Crippen LogP contribution is -2.34. The number of hydrogen-bond donors (Lipinski definition) is 2. The third-order valence-corrected chi connectivity index (χ3v) is 7.24. The van der Waals surface area contributed by atoms with Crippen LogP contribution in [-0.2, 0) is 22.4 Å². The van der Waals surface area contributed by atoms with Gasteiger partial charge < -0.3 is 28.9 Å². The van der Waals surface area contributed by atoms with Gasteiger partial charge in [-0.15, -0.1) is 0 Å². The smallest absolute Gasteiger partial charge is 0.296 e. The molecule has 9 nitrogen and oxygen atoms in total. The molecule has 0 spiro atoms. The molecule has 0 radical (unpaired) electrons. The lowest BCUT2D eigenvalue weighted by Gasteiger charge is -2.15. The zero-order valence-corrected chi connectivity index (χ0v) is 18.9. The molecule has 0 bridgehead atoms. The number of hydrogen-bond acceptors (Lipinski definition) is 7. The number of aliphatic hydroxyl groups is 1. The lowest BCUT2D eigenvalue weighted by molar-refractivity contribution is 0.00706. The highest BCUT2D eigenvalue weighted by molar-refractivity contribution is 6.33. The molecule has 174 valence electrons. The van der Waals surface area contributed by atoms with Gasteiger partial charge >= 0.3 is 0 Å². The van der Waals surface area contributed by atoms with E-state index in [1.54, 1.807) is 0 Å². The number of aliphatic hydroxyl groups excluding tert-OH is 1. The van der Waals surface area contributed by atoms with Gasteiger partial charge in [0.15, 0.2) is 11.8 Å². The van der Waals surface area contributed by atoms with Gasteiger partial charge in [0.1, 0.15) is 24.1 Å². The van der Waals surface area contributed by atoms with Crippen molar-refractivity contribution in [2.24, 2.45) is 0 Å². The van der Waals surface area contributed by atoms with Crippen molar-refractivity contribution in [2.75, 3.05) is 13.2 Å². The van der Waals surface area contributed by atoms with E-state index >= 15 is 0 Å². The molecule has 10 heteroatoms. The number of H-pyrrole nitrogens is 1. The van der Waals surface area contributed by atoms with Crippen molar-refractivity contribution < 1.29 is 19.3 Å². The predicted molar refractivity (Wildman–Crippen MR) is 123 cm³/mol. The number of aromatic amines is 1. The molecule has 1 aromatic carbocycles. The lowest BCUT2D eigenvalue weighted by atomic mass is 9.96. The Balaban J connectivity index is 1.12. The standard InChI is InChI=1S/C24H22ClN5O4/c25-15-8-16-23(29-24(27-16)34-18-11-33-21-17(31)10-32-22(18)21)28-20(15)13-3-1-12(2-4-13)14-7-19-26-5-6-30(19)9-14/h1-6,8,14,17-18,21-22,31H,7,9-11H2,(H,27,28,29)/t14?,17-,18-,21-,22-/m1/s1. The average Bonchev–Trinajstić information content (AvgIpc) is 3.62. The van der Waals surface area contributed by atoms with Gasteiger partial charge in [-0.2, -0.15) is 4.98 Å². The summed E-state index contributed by atoms with van der Waals surface area (Å²) in [4.78, 5) is 16.7. The van der Waals surface area contributed by atoms with Crippen LogP contribution in [0.25, 0.3) is 22.4 Å². The zero-order chi connectivity index (χ0) is 22.8. The van der Waals surface area contributed by atoms with Crippen LogP contribution in [0.1, 0.15) is 17.3 Å². The van der Waals surface area contributed by atoms with Gasteiger partial charge in [-0.05, 0) is 11.6 Å². The highest BCUT2D eigenvalue weighted by Gasteiger charge is 2.48. The van der Waals surface area contributed by atoms with Gasteiger partial charge in [-0.25, -0.2) is 9.97 Å². The zero-order valence-electron chi connectivity index (χ0n) is 18.1. The molecule has 2 saturated heterocycles. The van der Waals surface area contributed by atoms with E-state index in [1.165, 1.54) is 5.56 Å². The molecule has 3 aliphatic rings. The first-order valence-corrected chi connectivity index (χ1v) is 11.7. The number of nitrogens with zero attached hydrogens (tertiary/aromatic N) is 4. The van der Waals surface area contributed by atoms with Crippen LogP contribution in [-0.4, -0.2) is 67.2 Å². The largest absolute Gasteiger partial charge is 0.456 e. The Labute approximate surface area is 199 Å². The Morgan fingerprint density at radius 2 is 1.97 bits per heavy atom. The summed E-state index contributed by atoms with van der Waals surface area (Å²) in [6.45, 7) is 1.53. The van der Waals surface area contributed by atoms with Crippen molar-refractivity contribution in [3.63, 3.8) is 0 Å². The number of imidazole rings is 2. The Hall–Kier alpha value is -2.98. The van der Waals surface area contributed by atoms with Gasteiger partial charge in [0.05, 0.1) is 29.4 Å². The van der Waals surface area contributed by atoms with Gasteiger partial charge in [0.2, 0.25) is 0 Å². The highest BCUT2D eigenvalue weighted by Crippen LogP contribution is 2.34. The molecule has 3 aliphatic heterocycles. The number of aromatic nitrogens is 5. The van der Waals surface area contributed by atoms with Crippen LogP contribution in [0.5, 0.6) is 6.01 Å². The fourth-order valence-electron chi connectivity index (χ4n) is 5.20. The van der Waals surface area contributed by atoms with E-state index in [0.29, 0.717) is 40.4 Å². The van der Waals surface area contributed by atoms with E-state index in [1.807, 2.05) is 18.5 Å². The van der Waals surface area contributed by atoms with Crippen molar-refractivity contribution in [2.45, 2.75) is 43.3 Å². The number of pyridine rings is 1. The molecule has 34 heavy (non-hydrogen) atoms. The van der Waals surface area contributed by atoms with E-state index in [0.717, 1.165) is 24.4 Å². The van der Waals surface area contributed by atoms with Crippen LogP contribution < -0.4 is 4.74 Å². The topological polar surface area (TPSA) is 107 Å². The van der Waals surface area contributed by atoms with Crippen LogP contribution in [0.2, 0.25) is 5.02 Å². The van der Waals surface area contributed by atoms with Crippen molar-refractivity contribution in [3.05, 3.63) is 59.1 Å². The maximum Gasteiger partial charge on any atom is 0.296 e. The molecule has 6 heterocycles.